The van der Waals surface area contributed by atoms with E-state index in [9.17, 15) is 23.2 Å². The molecule has 1 aliphatic rings. The van der Waals surface area contributed by atoms with E-state index in [-0.39, 0.29) is 0 Å². The molecule has 154 valence electrons. The van der Waals surface area contributed by atoms with E-state index < -0.39 is 17.3 Å². The van der Waals surface area contributed by atoms with Crippen molar-refractivity contribution < 1.29 is 13.2 Å². The quantitative estimate of drug-likeness (QED) is 0.667. The van der Waals surface area contributed by atoms with Gasteiger partial charge in [-0.25, -0.2) is 0 Å². The first-order chi connectivity index (χ1) is 14.4. The molecular formula is C22H19F3N4O. The average molecular weight is 412 g/mol. The average Bonchev–Trinajstić information content (AvgIpc) is 3.29. The molecular weight excluding hydrogens is 393 g/mol. The van der Waals surface area contributed by atoms with E-state index in [2.05, 4.69) is 16.0 Å². The minimum Gasteiger partial charge on any atom is -0.369 e. The van der Waals surface area contributed by atoms with Gasteiger partial charge < -0.3 is 9.88 Å². The number of H-pyrrole nitrogens is 1. The van der Waals surface area contributed by atoms with Crippen molar-refractivity contribution in [2.24, 2.45) is 0 Å². The lowest BCUT2D eigenvalue weighted by molar-refractivity contribution is -0.137. The number of nitrogens with zero attached hydrogens (tertiary/aromatic N) is 3. The monoisotopic (exact) mass is 412 g/mol. The second-order valence-corrected chi connectivity index (χ2v) is 6.70. The zero-order valence-electron chi connectivity index (χ0n) is 16.0. The van der Waals surface area contributed by atoms with E-state index in [0.29, 0.717) is 6.20 Å². The Labute approximate surface area is 171 Å². The number of alkyl halides is 3. The van der Waals surface area contributed by atoms with Crippen LogP contribution in [0.5, 0.6) is 0 Å². The maximum absolute atomic E-state index is 11.8. The van der Waals surface area contributed by atoms with Crippen LogP contribution in [0.15, 0.2) is 65.7 Å². The Balaban J connectivity index is 0.000000199. The lowest BCUT2D eigenvalue weighted by Crippen LogP contribution is -2.19. The Morgan fingerprint density at radius 1 is 1.07 bits per heavy atom. The second kappa shape index (κ2) is 9.27. The highest BCUT2D eigenvalue weighted by atomic mass is 19.4. The molecule has 3 aromatic rings. The van der Waals surface area contributed by atoms with Crippen molar-refractivity contribution in [2.45, 2.75) is 19.0 Å². The fourth-order valence-corrected chi connectivity index (χ4v) is 3.10. The molecule has 1 aliphatic heterocycles. The molecule has 30 heavy (non-hydrogen) atoms. The van der Waals surface area contributed by atoms with Crippen molar-refractivity contribution >= 4 is 5.69 Å². The van der Waals surface area contributed by atoms with E-state index in [1.54, 1.807) is 0 Å². The minimum absolute atomic E-state index is 0.544. The molecule has 0 spiro atoms. The largest absolute Gasteiger partial charge is 0.417 e. The second-order valence-electron chi connectivity index (χ2n) is 6.70. The maximum Gasteiger partial charge on any atom is 0.417 e. The minimum atomic E-state index is -4.38. The topological polar surface area (TPSA) is 72.8 Å². The fraction of sp³-hybridized carbons (Fsp3) is 0.227. The SMILES string of the molecule is N#Cc1cc(-c2ccccc2)ncc1N1CCCC1.O=c1ccc(C(F)(F)F)c[nH]1. The van der Waals surface area contributed by atoms with Crippen LogP contribution in [0, 0.1) is 11.3 Å². The van der Waals surface area contributed by atoms with Gasteiger partial charge in [0.15, 0.2) is 0 Å². The highest BCUT2D eigenvalue weighted by molar-refractivity contribution is 5.67. The van der Waals surface area contributed by atoms with E-state index in [1.165, 1.54) is 12.8 Å². The zero-order chi connectivity index (χ0) is 21.6. The number of hydrogen-bond acceptors (Lipinski definition) is 4. The molecule has 0 bridgehead atoms. The fourth-order valence-electron chi connectivity index (χ4n) is 3.10. The summed E-state index contributed by atoms with van der Waals surface area (Å²) in [5, 5.41) is 9.35. The molecule has 2 aromatic heterocycles. The first-order valence-corrected chi connectivity index (χ1v) is 9.35. The Morgan fingerprint density at radius 3 is 2.33 bits per heavy atom. The summed E-state index contributed by atoms with van der Waals surface area (Å²) in [6.45, 7) is 2.06. The van der Waals surface area contributed by atoms with Crippen LogP contribution in [0.4, 0.5) is 18.9 Å². The van der Waals surface area contributed by atoms with Crippen molar-refractivity contribution in [1.29, 1.82) is 5.26 Å². The number of aromatic amines is 1. The third-order valence-corrected chi connectivity index (χ3v) is 4.63. The number of halogens is 3. The van der Waals surface area contributed by atoms with Crippen LogP contribution in [0.3, 0.4) is 0 Å². The molecule has 4 rings (SSSR count). The van der Waals surface area contributed by atoms with Crippen LogP contribution in [0.25, 0.3) is 11.3 Å². The number of hydrogen-bond donors (Lipinski definition) is 1. The Bertz CT molecular complexity index is 1060. The molecule has 0 radical (unpaired) electrons. The lowest BCUT2D eigenvalue weighted by Gasteiger charge is -2.18. The van der Waals surface area contributed by atoms with E-state index in [1.807, 2.05) is 47.6 Å². The molecule has 3 heterocycles. The third-order valence-electron chi connectivity index (χ3n) is 4.63. The predicted octanol–water partition coefficient (Wildman–Crippen LogP) is 4.61. The summed E-state index contributed by atoms with van der Waals surface area (Å²) >= 11 is 0. The van der Waals surface area contributed by atoms with Gasteiger partial charge in [0.25, 0.3) is 0 Å². The molecule has 1 N–H and O–H groups in total. The zero-order valence-corrected chi connectivity index (χ0v) is 16.0. The molecule has 0 atom stereocenters. The molecule has 1 saturated heterocycles. The van der Waals surface area contributed by atoms with Gasteiger partial charge in [-0.05, 0) is 25.0 Å². The van der Waals surface area contributed by atoms with Crippen molar-refractivity contribution in [3.05, 3.63) is 82.4 Å². The van der Waals surface area contributed by atoms with E-state index in [0.717, 1.165) is 47.7 Å². The van der Waals surface area contributed by atoms with Gasteiger partial charge in [-0.3, -0.25) is 9.78 Å². The smallest absolute Gasteiger partial charge is 0.369 e. The Morgan fingerprint density at radius 2 is 1.77 bits per heavy atom. The summed E-state index contributed by atoms with van der Waals surface area (Å²) in [4.78, 5) is 19.0. The lowest BCUT2D eigenvalue weighted by atomic mass is 10.1. The van der Waals surface area contributed by atoms with Gasteiger partial charge in [-0.2, -0.15) is 18.4 Å². The van der Waals surface area contributed by atoms with Gasteiger partial charge in [-0.1, -0.05) is 30.3 Å². The van der Waals surface area contributed by atoms with Crippen molar-refractivity contribution in [1.82, 2.24) is 9.97 Å². The van der Waals surface area contributed by atoms with Crippen LogP contribution in [-0.2, 0) is 6.18 Å². The first-order valence-electron chi connectivity index (χ1n) is 9.35. The summed E-state index contributed by atoms with van der Waals surface area (Å²) in [5.74, 6) is 0. The standard InChI is InChI=1S/C16H15N3.C6H4F3NO/c17-11-14-10-15(13-6-2-1-3-7-13)18-12-16(14)19-8-4-5-9-19;7-6(8,9)4-1-2-5(11)10-3-4/h1-3,6-7,10,12H,4-5,8-9H2;1-3H,(H,10,11). The molecule has 0 amide bonds. The highest BCUT2D eigenvalue weighted by Gasteiger charge is 2.30. The van der Waals surface area contributed by atoms with Crippen LogP contribution in [0.1, 0.15) is 24.0 Å². The van der Waals surface area contributed by atoms with Crippen LogP contribution < -0.4 is 10.5 Å². The maximum atomic E-state index is 11.8. The number of nitrogens with one attached hydrogen (secondary N) is 1. The molecule has 0 aliphatic carbocycles. The number of nitriles is 1. The number of rotatable bonds is 2. The first kappa shape index (κ1) is 21.1. The van der Waals surface area contributed by atoms with E-state index in [4.69, 9.17) is 0 Å². The number of benzene rings is 1. The normalized spacial score (nSPS) is 13.3. The number of aromatic nitrogens is 2. The molecule has 0 unspecified atom stereocenters. The molecule has 1 aromatic carbocycles. The number of pyridine rings is 2. The Kier molecular flexibility index (Phi) is 6.52. The van der Waals surface area contributed by atoms with Gasteiger partial charge in [0.05, 0.1) is 28.7 Å². The van der Waals surface area contributed by atoms with Crippen molar-refractivity contribution in [2.75, 3.05) is 18.0 Å². The summed E-state index contributed by atoms with van der Waals surface area (Å²) in [5.41, 5.74) is 2.21. The Hall–Kier alpha value is -3.60. The van der Waals surface area contributed by atoms with Gasteiger partial charge in [0.1, 0.15) is 6.07 Å². The number of anilines is 1. The van der Waals surface area contributed by atoms with Gasteiger partial charge in [0.2, 0.25) is 5.56 Å². The molecule has 5 nitrogen and oxygen atoms in total. The van der Waals surface area contributed by atoms with Gasteiger partial charge in [0, 0.05) is 30.9 Å². The van der Waals surface area contributed by atoms with Gasteiger partial charge >= 0.3 is 6.18 Å². The summed E-state index contributed by atoms with van der Waals surface area (Å²) in [6.07, 6.45) is 0.495. The van der Waals surface area contributed by atoms with E-state index >= 15 is 0 Å². The highest BCUT2D eigenvalue weighted by Crippen LogP contribution is 2.28. The molecule has 0 saturated carbocycles. The third kappa shape index (κ3) is 5.26. The van der Waals surface area contributed by atoms with Crippen LogP contribution >= 0.6 is 0 Å². The van der Waals surface area contributed by atoms with Crippen LogP contribution in [0.2, 0.25) is 0 Å². The predicted molar refractivity (Wildman–Crippen MR) is 108 cm³/mol. The van der Waals surface area contributed by atoms with Crippen molar-refractivity contribution in [3.63, 3.8) is 0 Å². The summed E-state index contributed by atoms with van der Waals surface area (Å²) in [6, 6.07) is 15.7. The molecule has 8 heteroatoms. The van der Waals surface area contributed by atoms with Crippen molar-refractivity contribution in [3.8, 4) is 17.3 Å². The summed E-state index contributed by atoms with van der Waals surface area (Å²) in [7, 11) is 0. The molecule has 1 fully saturated rings. The van der Waals surface area contributed by atoms with Gasteiger partial charge in [-0.15, -0.1) is 0 Å². The van der Waals surface area contributed by atoms with Crippen LogP contribution in [-0.4, -0.2) is 23.1 Å². The summed E-state index contributed by atoms with van der Waals surface area (Å²) < 4.78 is 35.4.